The molecule has 3 heterocycles. The van der Waals surface area contributed by atoms with Crippen molar-refractivity contribution in [1.29, 1.82) is 0 Å². The zero-order chi connectivity index (χ0) is 19.0. The van der Waals surface area contributed by atoms with Gasteiger partial charge in [-0.15, -0.1) is 0 Å². The number of aryl methyl sites for hydroxylation is 3. The lowest BCUT2D eigenvalue weighted by molar-refractivity contribution is 0.373. The summed E-state index contributed by atoms with van der Waals surface area (Å²) in [5.74, 6) is 1.88. The number of hydrogen-bond acceptors (Lipinski definition) is 5. The topological polar surface area (TPSA) is 69.7 Å². The summed E-state index contributed by atoms with van der Waals surface area (Å²) in [6.45, 7) is 10.3. The number of nitrogens with zero attached hydrogens (tertiary/aromatic N) is 4. The molecule has 3 aromatic rings. The van der Waals surface area contributed by atoms with Crippen molar-refractivity contribution < 1.29 is 0 Å². The number of rotatable bonds is 4. The second kappa shape index (κ2) is 7.27. The highest BCUT2D eigenvalue weighted by Gasteiger charge is 2.23. The van der Waals surface area contributed by atoms with Crippen LogP contribution in [0.15, 0.2) is 24.3 Å². The van der Waals surface area contributed by atoms with Gasteiger partial charge >= 0.3 is 0 Å². The fourth-order valence-electron chi connectivity index (χ4n) is 3.88. The fraction of sp³-hybridized carbons (Fsp3) is 0.476. The van der Waals surface area contributed by atoms with Crippen molar-refractivity contribution in [3.63, 3.8) is 0 Å². The first-order valence-corrected chi connectivity index (χ1v) is 9.77. The summed E-state index contributed by atoms with van der Waals surface area (Å²) < 4.78 is 0. The molecule has 0 amide bonds. The molecule has 1 aliphatic rings. The lowest BCUT2D eigenvalue weighted by atomic mass is 10.0. The number of fused-ring (bicyclic) bond motifs is 1. The smallest absolute Gasteiger partial charge is 0.225 e. The predicted octanol–water partition coefficient (Wildman–Crippen LogP) is 3.60. The average molecular weight is 364 g/mol. The minimum Gasteiger partial charge on any atom is -0.341 e. The van der Waals surface area contributed by atoms with E-state index in [1.165, 1.54) is 5.56 Å². The van der Waals surface area contributed by atoms with Crippen LogP contribution >= 0.6 is 0 Å². The van der Waals surface area contributed by atoms with Gasteiger partial charge in [0.05, 0.1) is 17.1 Å². The number of hydrogen-bond donors (Lipinski definition) is 2. The maximum atomic E-state index is 4.75. The van der Waals surface area contributed by atoms with Gasteiger partial charge in [-0.3, -0.25) is 0 Å². The molecule has 1 saturated heterocycles. The van der Waals surface area contributed by atoms with E-state index in [0.717, 1.165) is 60.1 Å². The second-order valence-electron chi connectivity index (χ2n) is 7.74. The number of imidazole rings is 1. The molecular weight excluding hydrogens is 336 g/mol. The molecule has 27 heavy (non-hydrogen) atoms. The molecule has 0 saturated carbocycles. The van der Waals surface area contributed by atoms with Gasteiger partial charge in [0.25, 0.3) is 0 Å². The van der Waals surface area contributed by atoms with Gasteiger partial charge in [0.15, 0.2) is 0 Å². The first kappa shape index (κ1) is 17.9. The summed E-state index contributed by atoms with van der Waals surface area (Å²) in [7, 11) is 0. The predicted molar refractivity (Wildman–Crippen MR) is 109 cm³/mol. The van der Waals surface area contributed by atoms with Gasteiger partial charge in [0, 0.05) is 30.5 Å². The summed E-state index contributed by atoms with van der Waals surface area (Å²) in [5.41, 5.74) is 5.46. The molecule has 0 radical (unpaired) electrons. The van der Waals surface area contributed by atoms with Crippen LogP contribution in [-0.2, 0) is 0 Å². The van der Waals surface area contributed by atoms with E-state index < -0.39 is 0 Å². The van der Waals surface area contributed by atoms with Gasteiger partial charge in [0.2, 0.25) is 5.95 Å². The van der Waals surface area contributed by atoms with Crippen molar-refractivity contribution in [3.05, 3.63) is 47.0 Å². The molecule has 1 aromatic carbocycles. The quantitative estimate of drug-likeness (QED) is 0.740. The summed E-state index contributed by atoms with van der Waals surface area (Å²) >= 11 is 0. The molecule has 6 nitrogen and oxygen atoms in total. The van der Waals surface area contributed by atoms with Crippen molar-refractivity contribution in [3.8, 4) is 0 Å². The molecule has 4 rings (SSSR count). The Kier molecular flexibility index (Phi) is 4.83. The maximum absolute atomic E-state index is 4.75. The summed E-state index contributed by atoms with van der Waals surface area (Å²) in [6.07, 6.45) is 2.17. The van der Waals surface area contributed by atoms with E-state index in [-0.39, 0.29) is 6.04 Å². The van der Waals surface area contributed by atoms with E-state index in [0.29, 0.717) is 6.04 Å². The van der Waals surface area contributed by atoms with Crippen LogP contribution in [0, 0.1) is 20.8 Å². The van der Waals surface area contributed by atoms with Crippen LogP contribution in [-0.4, -0.2) is 39.1 Å². The highest BCUT2D eigenvalue weighted by Crippen LogP contribution is 2.21. The SMILES string of the molecule is Cc1ccc2nc(C(C)NC3CCN(c4nc(C)cc(C)n4)CC3)[nH]c2c1. The Labute approximate surface area is 160 Å². The normalized spacial score (nSPS) is 16.8. The van der Waals surface area contributed by atoms with Gasteiger partial charge in [-0.05, 0) is 64.3 Å². The van der Waals surface area contributed by atoms with Crippen molar-refractivity contribution >= 4 is 17.0 Å². The Morgan fingerprint density at radius 1 is 1.04 bits per heavy atom. The number of anilines is 1. The molecule has 2 N–H and O–H groups in total. The van der Waals surface area contributed by atoms with E-state index in [2.05, 4.69) is 57.2 Å². The van der Waals surface area contributed by atoms with Crippen LogP contribution in [0.1, 0.15) is 48.6 Å². The number of aromatic amines is 1. The molecule has 0 spiro atoms. The van der Waals surface area contributed by atoms with Crippen molar-refractivity contribution in [2.45, 2.75) is 52.6 Å². The van der Waals surface area contributed by atoms with E-state index in [1.54, 1.807) is 0 Å². The van der Waals surface area contributed by atoms with Crippen molar-refractivity contribution in [2.75, 3.05) is 18.0 Å². The van der Waals surface area contributed by atoms with Gasteiger partial charge in [0.1, 0.15) is 5.82 Å². The molecule has 0 aliphatic carbocycles. The number of benzene rings is 1. The number of piperidine rings is 1. The third-order valence-electron chi connectivity index (χ3n) is 5.30. The van der Waals surface area contributed by atoms with E-state index >= 15 is 0 Å². The van der Waals surface area contributed by atoms with Crippen molar-refractivity contribution in [1.82, 2.24) is 25.3 Å². The third-order valence-corrected chi connectivity index (χ3v) is 5.30. The van der Waals surface area contributed by atoms with Gasteiger partial charge in [-0.2, -0.15) is 0 Å². The van der Waals surface area contributed by atoms with E-state index in [4.69, 9.17) is 4.98 Å². The minimum absolute atomic E-state index is 0.201. The Hall–Kier alpha value is -2.47. The summed E-state index contributed by atoms with van der Waals surface area (Å²) in [4.78, 5) is 19.7. The fourth-order valence-corrected chi connectivity index (χ4v) is 3.88. The molecule has 1 unspecified atom stereocenters. The van der Waals surface area contributed by atoms with Crippen LogP contribution < -0.4 is 10.2 Å². The lowest BCUT2D eigenvalue weighted by Crippen LogP contribution is -2.44. The molecule has 1 aliphatic heterocycles. The highest BCUT2D eigenvalue weighted by molar-refractivity contribution is 5.75. The van der Waals surface area contributed by atoms with Gasteiger partial charge in [-0.25, -0.2) is 15.0 Å². The molecular formula is C21H28N6. The van der Waals surface area contributed by atoms with Crippen LogP contribution in [0.4, 0.5) is 5.95 Å². The summed E-state index contributed by atoms with van der Waals surface area (Å²) in [5, 5.41) is 3.74. The van der Waals surface area contributed by atoms with E-state index in [9.17, 15) is 0 Å². The van der Waals surface area contributed by atoms with Crippen LogP contribution in [0.2, 0.25) is 0 Å². The minimum atomic E-state index is 0.201. The molecule has 6 heteroatoms. The zero-order valence-electron chi connectivity index (χ0n) is 16.6. The molecule has 1 atom stereocenters. The maximum Gasteiger partial charge on any atom is 0.225 e. The lowest BCUT2D eigenvalue weighted by Gasteiger charge is -2.33. The van der Waals surface area contributed by atoms with Crippen LogP contribution in [0.5, 0.6) is 0 Å². The Balaban J connectivity index is 1.38. The molecule has 0 bridgehead atoms. The van der Waals surface area contributed by atoms with Crippen LogP contribution in [0.3, 0.4) is 0 Å². The number of aromatic nitrogens is 4. The van der Waals surface area contributed by atoms with Gasteiger partial charge in [-0.1, -0.05) is 6.07 Å². The number of nitrogens with one attached hydrogen (secondary N) is 2. The Bertz CT molecular complexity index is 919. The largest absolute Gasteiger partial charge is 0.341 e. The average Bonchev–Trinajstić information content (AvgIpc) is 3.05. The summed E-state index contributed by atoms with van der Waals surface area (Å²) in [6, 6.07) is 9.05. The third kappa shape index (κ3) is 3.95. The van der Waals surface area contributed by atoms with Crippen molar-refractivity contribution in [2.24, 2.45) is 0 Å². The molecule has 2 aromatic heterocycles. The molecule has 142 valence electrons. The molecule has 1 fully saturated rings. The Morgan fingerprint density at radius 2 is 1.74 bits per heavy atom. The Morgan fingerprint density at radius 3 is 2.44 bits per heavy atom. The standard InChI is InChI=1S/C21H28N6/c1-13-5-6-18-19(11-13)26-20(25-18)16(4)24-17-7-9-27(10-8-17)21-22-14(2)12-15(3)23-21/h5-6,11-12,16-17,24H,7-10H2,1-4H3,(H,25,26). The van der Waals surface area contributed by atoms with Gasteiger partial charge < -0.3 is 15.2 Å². The van der Waals surface area contributed by atoms with Crippen LogP contribution in [0.25, 0.3) is 11.0 Å². The first-order valence-electron chi connectivity index (χ1n) is 9.77. The highest BCUT2D eigenvalue weighted by atomic mass is 15.3. The second-order valence-corrected chi connectivity index (χ2v) is 7.74. The number of H-pyrrole nitrogens is 1. The first-order chi connectivity index (χ1) is 13.0. The van der Waals surface area contributed by atoms with E-state index in [1.807, 2.05) is 19.9 Å². The zero-order valence-corrected chi connectivity index (χ0v) is 16.6. The monoisotopic (exact) mass is 364 g/mol.